The van der Waals surface area contributed by atoms with E-state index in [0.717, 1.165) is 19.3 Å². The minimum atomic E-state index is -1.18. The molecular formula is C27H41N3O5. The number of carbonyl (C=O) groups excluding carboxylic acids is 3. The molecular weight excluding hydrogens is 446 g/mol. The van der Waals surface area contributed by atoms with Gasteiger partial charge in [0.15, 0.2) is 0 Å². The van der Waals surface area contributed by atoms with Gasteiger partial charge >= 0.3 is 0 Å². The average molecular weight is 488 g/mol. The van der Waals surface area contributed by atoms with Gasteiger partial charge in [0.2, 0.25) is 17.7 Å². The monoisotopic (exact) mass is 487 g/mol. The predicted octanol–water partition coefficient (Wildman–Crippen LogP) is 2.13. The minimum absolute atomic E-state index is 0.0328. The number of amides is 3. The van der Waals surface area contributed by atoms with Crippen molar-refractivity contribution in [1.82, 2.24) is 14.7 Å². The van der Waals surface area contributed by atoms with E-state index in [0.29, 0.717) is 52.0 Å². The van der Waals surface area contributed by atoms with Gasteiger partial charge in [-0.25, -0.2) is 0 Å². The summed E-state index contributed by atoms with van der Waals surface area (Å²) in [5, 5.41) is 9.33. The van der Waals surface area contributed by atoms with Crippen LogP contribution in [0.2, 0.25) is 0 Å². The summed E-state index contributed by atoms with van der Waals surface area (Å²) in [5.74, 6) is -1.76. The van der Waals surface area contributed by atoms with Crippen molar-refractivity contribution >= 4 is 17.7 Å². The molecule has 1 spiro atoms. The molecule has 4 aliphatic rings. The molecule has 2 saturated heterocycles. The second-order valence-corrected chi connectivity index (χ2v) is 10.3. The number of nitrogens with zero attached hydrogens (tertiary/aromatic N) is 3. The normalized spacial score (nSPS) is 34.2. The first-order valence-corrected chi connectivity index (χ1v) is 13.4. The highest BCUT2D eigenvalue weighted by molar-refractivity contribution is 6.00. The average Bonchev–Trinajstić information content (AvgIpc) is 3.14. The highest BCUT2D eigenvalue weighted by Crippen LogP contribution is 2.58. The summed E-state index contributed by atoms with van der Waals surface area (Å²) in [6, 6.07) is -0.800. The smallest absolute Gasteiger partial charge is 0.249 e. The van der Waals surface area contributed by atoms with E-state index in [1.54, 1.807) is 4.90 Å². The van der Waals surface area contributed by atoms with Crippen LogP contribution in [0, 0.1) is 11.8 Å². The van der Waals surface area contributed by atoms with Crippen LogP contribution in [0.4, 0.5) is 0 Å². The number of hydrogen-bond donors (Lipinski definition) is 1. The summed E-state index contributed by atoms with van der Waals surface area (Å²) in [7, 11) is 0. The quantitative estimate of drug-likeness (QED) is 0.377. The Morgan fingerprint density at radius 1 is 0.857 bits per heavy atom. The van der Waals surface area contributed by atoms with E-state index >= 15 is 0 Å². The van der Waals surface area contributed by atoms with Gasteiger partial charge < -0.3 is 24.5 Å². The maximum atomic E-state index is 14.1. The van der Waals surface area contributed by atoms with Crippen molar-refractivity contribution in [3.8, 4) is 0 Å². The number of rotatable bonds is 10. The Kier molecular flexibility index (Phi) is 7.71. The van der Waals surface area contributed by atoms with Crippen LogP contribution < -0.4 is 0 Å². The molecule has 0 aromatic rings. The second kappa shape index (κ2) is 10.4. The summed E-state index contributed by atoms with van der Waals surface area (Å²) < 4.78 is 6.92. The van der Waals surface area contributed by atoms with E-state index in [2.05, 4.69) is 6.92 Å². The van der Waals surface area contributed by atoms with Crippen LogP contribution in [-0.4, -0.2) is 94.1 Å². The standard InChI is InChI=1S/C27H41N3O5/c1-4-7-15-29-17-11-13-27-21(24(33)30(18-8-9-19-31)22(27)25(29)34)20-23(32)28(14-5-2)16-10-12-26(20,6-3)35-27/h10-13,20-22,31H,4-9,14-19H2,1-3H3/t20-,21-,22?,26+,27-/m0/s1. The van der Waals surface area contributed by atoms with Crippen molar-refractivity contribution in [3.63, 3.8) is 0 Å². The summed E-state index contributed by atoms with van der Waals surface area (Å²) >= 11 is 0. The van der Waals surface area contributed by atoms with Gasteiger partial charge in [-0.1, -0.05) is 51.5 Å². The van der Waals surface area contributed by atoms with Crippen LogP contribution in [0.25, 0.3) is 0 Å². The first kappa shape index (κ1) is 25.9. The molecule has 0 aliphatic carbocycles. The molecule has 5 atom stereocenters. The van der Waals surface area contributed by atoms with Crippen LogP contribution >= 0.6 is 0 Å². The first-order chi connectivity index (χ1) is 16.9. The van der Waals surface area contributed by atoms with Crippen molar-refractivity contribution in [1.29, 1.82) is 0 Å². The van der Waals surface area contributed by atoms with Crippen molar-refractivity contribution in [3.05, 3.63) is 24.3 Å². The Hall–Kier alpha value is -2.19. The Balaban J connectivity index is 1.81. The van der Waals surface area contributed by atoms with Crippen LogP contribution in [0.3, 0.4) is 0 Å². The van der Waals surface area contributed by atoms with Gasteiger partial charge in [-0.05, 0) is 32.1 Å². The van der Waals surface area contributed by atoms with Gasteiger partial charge in [-0.15, -0.1) is 0 Å². The van der Waals surface area contributed by atoms with Crippen molar-refractivity contribution in [2.45, 2.75) is 76.5 Å². The highest BCUT2D eigenvalue weighted by atomic mass is 16.5. The fraction of sp³-hybridized carbons (Fsp3) is 0.741. The maximum Gasteiger partial charge on any atom is 0.249 e. The summed E-state index contributed by atoms with van der Waals surface area (Å²) in [6.45, 7) is 8.75. The Morgan fingerprint density at radius 3 is 2.23 bits per heavy atom. The summed E-state index contributed by atoms with van der Waals surface area (Å²) in [4.78, 5) is 47.4. The Bertz CT molecular complexity index is 888. The molecule has 4 aliphatic heterocycles. The lowest BCUT2D eigenvalue weighted by molar-refractivity contribution is -0.154. The SMILES string of the molecule is CCCCN1CC=C[C@]23O[C@]4(CC)C=CCN(CCC)C(=O)[C@@H]4[C@H]2C(=O)N(CCCCO)C3C1=O. The summed E-state index contributed by atoms with van der Waals surface area (Å²) in [6.07, 6.45) is 12.2. The van der Waals surface area contributed by atoms with E-state index in [1.807, 2.05) is 48.0 Å². The largest absolute Gasteiger partial charge is 0.396 e. The van der Waals surface area contributed by atoms with E-state index in [-0.39, 0.29) is 24.3 Å². The maximum absolute atomic E-state index is 14.1. The zero-order chi connectivity index (χ0) is 25.2. The zero-order valence-electron chi connectivity index (χ0n) is 21.4. The van der Waals surface area contributed by atoms with Crippen LogP contribution in [0.15, 0.2) is 24.3 Å². The first-order valence-electron chi connectivity index (χ1n) is 13.4. The topological polar surface area (TPSA) is 90.4 Å². The zero-order valence-corrected chi connectivity index (χ0v) is 21.4. The molecule has 3 amide bonds. The molecule has 2 fully saturated rings. The Labute approximate surface area is 208 Å². The third-order valence-electron chi connectivity index (χ3n) is 8.19. The number of likely N-dealkylation sites (tertiary alicyclic amines) is 1. The molecule has 194 valence electrons. The van der Waals surface area contributed by atoms with Crippen molar-refractivity contribution in [2.24, 2.45) is 11.8 Å². The second-order valence-electron chi connectivity index (χ2n) is 10.3. The molecule has 0 aromatic carbocycles. The molecule has 0 aromatic heterocycles. The molecule has 8 nitrogen and oxygen atoms in total. The molecule has 4 rings (SSSR count). The van der Waals surface area contributed by atoms with Gasteiger partial charge in [0, 0.05) is 39.3 Å². The van der Waals surface area contributed by atoms with Crippen LogP contribution in [-0.2, 0) is 19.1 Å². The molecule has 1 N–H and O–H groups in total. The molecule has 4 heterocycles. The highest BCUT2D eigenvalue weighted by Gasteiger charge is 2.75. The third-order valence-corrected chi connectivity index (χ3v) is 8.19. The number of hydrogen-bond acceptors (Lipinski definition) is 5. The van der Waals surface area contributed by atoms with E-state index in [4.69, 9.17) is 4.74 Å². The minimum Gasteiger partial charge on any atom is -0.396 e. The number of carbonyl (C=O) groups is 3. The van der Waals surface area contributed by atoms with E-state index in [1.165, 1.54) is 0 Å². The molecule has 0 radical (unpaired) electrons. The van der Waals surface area contributed by atoms with Crippen LogP contribution in [0.1, 0.15) is 59.3 Å². The van der Waals surface area contributed by atoms with Crippen LogP contribution in [0.5, 0.6) is 0 Å². The fourth-order valence-electron chi connectivity index (χ4n) is 6.51. The molecule has 0 bridgehead atoms. The van der Waals surface area contributed by atoms with Gasteiger partial charge in [-0.3, -0.25) is 14.4 Å². The van der Waals surface area contributed by atoms with Gasteiger partial charge in [-0.2, -0.15) is 0 Å². The fourth-order valence-corrected chi connectivity index (χ4v) is 6.51. The lowest BCUT2D eigenvalue weighted by atomic mass is 9.73. The number of ether oxygens (including phenoxy) is 1. The van der Waals surface area contributed by atoms with E-state index < -0.39 is 29.1 Å². The number of fused-ring (bicyclic) bond motifs is 2. The van der Waals surface area contributed by atoms with Gasteiger partial charge in [0.25, 0.3) is 0 Å². The predicted molar refractivity (Wildman–Crippen MR) is 132 cm³/mol. The number of aliphatic hydroxyl groups is 1. The van der Waals surface area contributed by atoms with Gasteiger partial charge in [0.1, 0.15) is 11.6 Å². The third kappa shape index (κ3) is 4.12. The molecule has 35 heavy (non-hydrogen) atoms. The number of unbranched alkanes of at least 4 members (excludes halogenated alkanes) is 2. The molecule has 8 heteroatoms. The van der Waals surface area contributed by atoms with Crippen molar-refractivity contribution in [2.75, 3.05) is 39.3 Å². The van der Waals surface area contributed by atoms with Gasteiger partial charge in [0.05, 0.1) is 17.4 Å². The lowest BCUT2D eigenvalue weighted by Gasteiger charge is -2.38. The molecule has 1 unspecified atom stereocenters. The summed E-state index contributed by atoms with van der Waals surface area (Å²) in [5.41, 5.74) is -2.09. The van der Waals surface area contributed by atoms with E-state index in [9.17, 15) is 19.5 Å². The molecule has 0 saturated carbocycles. The lowest BCUT2D eigenvalue weighted by Crippen LogP contribution is -2.56. The number of aliphatic hydroxyl groups excluding tert-OH is 1. The Morgan fingerprint density at radius 2 is 1.57 bits per heavy atom. The van der Waals surface area contributed by atoms with Crippen molar-refractivity contribution < 1.29 is 24.2 Å².